The van der Waals surface area contributed by atoms with Gasteiger partial charge >= 0.3 is 5.76 Å². The van der Waals surface area contributed by atoms with E-state index in [1.165, 1.54) is 28.3 Å². The molecule has 0 saturated heterocycles. The third-order valence-electron chi connectivity index (χ3n) is 4.97. The third kappa shape index (κ3) is 4.53. The second kappa shape index (κ2) is 8.30. The lowest BCUT2D eigenvalue weighted by atomic mass is 10.1. The van der Waals surface area contributed by atoms with Crippen LogP contribution in [0.25, 0.3) is 11.1 Å². The molecule has 8 nitrogen and oxygen atoms in total. The maximum Gasteiger partial charge on any atom is 0.419 e. The van der Waals surface area contributed by atoms with Crippen molar-refractivity contribution in [2.45, 2.75) is 39.8 Å². The number of oxazole rings is 1. The molecule has 0 radical (unpaired) electrons. The molecule has 1 aromatic heterocycles. The van der Waals surface area contributed by atoms with Crippen LogP contribution in [0, 0.1) is 24.0 Å². The second-order valence-electron chi connectivity index (χ2n) is 7.21. The average molecular weight is 397 g/mol. The van der Waals surface area contributed by atoms with Gasteiger partial charge in [0.15, 0.2) is 5.58 Å². The molecule has 0 unspecified atom stereocenters. The van der Waals surface area contributed by atoms with Gasteiger partial charge in [-0.2, -0.15) is 0 Å². The number of aromatic nitrogens is 1. The quantitative estimate of drug-likeness (QED) is 0.448. The first-order valence-corrected chi connectivity index (χ1v) is 9.34. The molecule has 0 fully saturated rings. The first kappa shape index (κ1) is 20.3. The van der Waals surface area contributed by atoms with Crippen LogP contribution < -0.4 is 5.76 Å². The molecule has 0 N–H and O–H groups in total. The number of nitro benzene ring substituents is 1. The van der Waals surface area contributed by atoms with Crippen molar-refractivity contribution in [1.82, 2.24) is 9.47 Å². The number of amides is 1. The maximum atomic E-state index is 12.5. The first-order chi connectivity index (χ1) is 13.8. The van der Waals surface area contributed by atoms with Crippen molar-refractivity contribution >= 4 is 22.7 Å². The highest BCUT2D eigenvalue weighted by Gasteiger charge is 2.15. The number of fused-ring (bicyclic) bond motifs is 1. The van der Waals surface area contributed by atoms with E-state index >= 15 is 0 Å². The molecule has 1 amide bonds. The Morgan fingerprint density at radius 3 is 2.66 bits per heavy atom. The summed E-state index contributed by atoms with van der Waals surface area (Å²) < 4.78 is 6.50. The monoisotopic (exact) mass is 397 g/mol. The standard InChI is InChI=1S/C21H23N3O5/c1-14-6-7-16(15(2)11-14)13-22(3)20(25)5-4-10-23-18-9-8-17(24(27)28)12-19(18)29-21(23)26/h6-9,11-12H,4-5,10,13H2,1-3H3. The zero-order valence-corrected chi connectivity index (χ0v) is 16.7. The van der Waals surface area contributed by atoms with Gasteiger partial charge in [-0.1, -0.05) is 23.8 Å². The Morgan fingerprint density at radius 1 is 1.21 bits per heavy atom. The van der Waals surface area contributed by atoms with Gasteiger partial charge < -0.3 is 9.32 Å². The molecule has 152 valence electrons. The molecular weight excluding hydrogens is 374 g/mol. The van der Waals surface area contributed by atoms with Crippen molar-refractivity contribution in [3.63, 3.8) is 0 Å². The summed E-state index contributed by atoms with van der Waals surface area (Å²) in [5.74, 6) is -0.599. The molecule has 0 spiro atoms. The van der Waals surface area contributed by atoms with Crippen molar-refractivity contribution in [3.05, 3.63) is 73.8 Å². The number of nitrogens with zero attached hydrogens (tertiary/aromatic N) is 3. The summed E-state index contributed by atoms with van der Waals surface area (Å²) in [5.41, 5.74) is 3.95. The van der Waals surface area contributed by atoms with Gasteiger partial charge in [0.1, 0.15) is 0 Å². The summed E-state index contributed by atoms with van der Waals surface area (Å²) in [7, 11) is 1.76. The lowest BCUT2D eigenvalue weighted by molar-refractivity contribution is -0.384. The fourth-order valence-corrected chi connectivity index (χ4v) is 3.33. The van der Waals surface area contributed by atoms with E-state index in [4.69, 9.17) is 4.42 Å². The molecule has 3 rings (SSSR count). The Morgan fingerprint density at radius 2 is 1.97 bits per heavy atom. The number of non-ortho nitro benzene ring substituents is 1. The summed E-state index contributed by atoms with van der Waals surface area (Å²) in [6.45, 7) is 4.89. The molecule has 0 aliphatic rings. The number of benzene rings is 2. The molecule has 0 aliphatic heterocycles. The summed E-state index contributed by atoms with van der Waals surface area (Å²) in [5, 5.41) is 10.9. The Balaban J connectivity index is 1.62. The van der Waals surface area contributed by atoms with Crippen molar-refractivity contribution in [2.75, 3.05) is 7.05 Å². The highest BCUT2D eigenvalue weighted by Crippen LogP contribution is 2.20. The van der Waals surface area contributed by atoms with Crippen LogP contribution in [0.4, 0.5) is 5.69 Å². The van der Waals surface area contributed by atoms with Gasteiger partial charge in [-0.05, 0) is 37.5 Å². The van der Waals surface area contributed by atoms with Crippen LogP contribution in [0.1, 0.15) is 29.5 Å². The number of hydrogen-bond donors (Lipinski definition) is 0. The highest BCUT2D eigenvalue weighted by molar-refractivity contribution is 5.76. The van der Waals surface area contributed by atoms with Crippen LogP contribution in [0.15, 0.2) is 45.6 Å². The molecule has 1 heterocycles. The molecule has 0 atom stereocenters. The van der Waals surface area contributed by atoms with Crippen molar-refractivity contribution < 1.29 is 14.1 Å². The number of aryl methyl sites for hydroxylation is 3. The minimum absolute atomic E-state index is 0.0125. The Hall–Kier alpha value is -3.42. The Labute approximate surface area is 167 Å². The van der Waals surface area contributed by atoms with E-state index in [0.717, 1.165) is 11.1 Å². The molecule has 29 heavy (non-hydrogen) atoms. The predicted molar refractivity (Wildman–Crippen MR) is 109 cm³/mol. The fraction of sp³-hybridized carbons (Fsp3) is 0.333. The number of hydrogen-bond acceptors (Lipinski definition) is 5. The molecule has 2 aromatic carbocycles. The van der Waals surface area contributed by atoms with Gasteiger partial charge in [0, 0.05) is 32.6 Å². The molecule has 0 aliphatic carbocycles. The lowest BCUT2D eigenvalue weighted by Gasteiger charge is -2.19. The SMILES string of the molecule is Cc1ccc(CN(C)C(=O)CCCn2c(=O)oc3cc([N+](=O)[O-])ccc32)c(C)c1. The van der Waals surface area contributed by atoms with Crippen molar-refractivity contribution in [2.24, 2.45) is 0 Å². The largest absolute Gasteiger partial charge is 0.419 e. The zero-order chi connectivity index (χ0) is 21.1. The van der Waals surface area contributed by atoms with E-state index in [1.807, 2.05) is 26.0 Å². The smallest absolute Gasteiger partial charge is 0.407 e. The van der Waals surface area contributed by atoms with Crippen LogP contribution in [-0.4, -0.2) is 27.3 Å². The van der Waals surface area contributed by atoms with Gasteiger partial charge in [0.05, 0.1) is 16.5 Å². The first-order valence-electron chi connectivity index (χ1n) is 9.34. The number of carbonyl (C=O) groups is 1. The molecule has 8 heteroatoms. The van der Waals surface area contributed by atoms with E-state index in [2.05, 4.69) is 6.07 Å². The second-order valence-corrected chi connectivity index (χ2v) is 7.21. The third-order valence-corrected chi connectivity index (χ3v) is 4.97. The van der Waals surface area contributed by atoms with Gasteiger partial charge in [0.25, 0.3) is 5.69 Å². The van der Waals surface area contributed by atoms with E-state index in [9.17, 15) is 19.7 Å². The number of rotatable bonds is 7. The van der Waals surface area contributed by atoms with Crippen LogP contribution in [0.2, 0.25) is 0 Å². The van der Waals surface area contributed by atoms with Crippen LogP contribution in [0.5, 0.6) is 0 Å². The van der Waals surface area contributed by atoms with E-state index in [-0.39, 0.29) is 23.6 Å². The molecule has 3 aromatic rings. The zero-order valence-electron chi connectivity index (χ0n) is 16.7. The fourth-order valence-electron chi connectivity index (χ4n) is 3.33. The Kier molecular flexibility index (Phi) is 5.81. The Bertz CT molecular complexity index is 1130. The van der Waals surface area contributed by atoms with Crippen LogP contribution >= 0.6 is 0 Å². The summed E-state index contributed by atoms with van der Waals surface area (Å²) in [6, 6.07) is 10.2. The van der Waals surface area contributed by atoms with Crippen molar-refractivity contribution in [3.8, 4) is 0 Å². The minimum atomic E-state index is -0.586. The van der Waals surface area contributed by atoms with Crippen molar-refractivity contribution in [1.29, 1.82) is 0 Å². The molecule has 0 saturated carbocycles. The molecule has 0 bridgehead atoms. The lowest BCUT2D eigenvalue weighted by Crippen LogP contribution is -2.27. The topological polar surface area (TPSA) is 98.6 Å². The molecular formula is C21H23N3O5. The average Bonchev–Trinajstić information content (AvgIpc) is 2.98. The van der Waals surface area contributed by atoms with E-state index in [0.29, 0.717) is 25.0 Å². The van der Waals surface area contributed by atoms with Crippen LogP contribution in [-0.2, 0) is 17.9 Å². The van der Waals surface area contributed by atoms with Crippen LogP contribution in [0.3, 0.4) is 0 Å². The highest BCUT2D eigenvalue weighted by atomic mass is 16.6. The summed E-state index contributed by atoms with van der Waals surface area (Å²) >= 11 is 0. The maximum absolute atomic E-state index is 12.5. The van der Waals surface area contributed by atoms with E-state index in [1.54, 1.807) is 11.9 Å². The minimum Gasteiger partial charge on any atom is -0.407 e. The normalized spacial score (nSPS) is 11.0. The van der Waals surface area contributed by atoms with Gasteiger partial charge in [0.2, 0.25) is 5.91 Å². The van der Waals surface area contributed by atoms with Gasteiger partial charge in [-0.15, -0.1) is 0 Å². The summed E-state index contributed by atoms with van der Waals surface area (Å²) in [4.78, 5) is 36.5. The summed E-state index contributed by atoms with van der Waals surface area (Å²) in [6.07, 6.45) is 0.745. The number of carbonyl (C=O) groups excluding carboxylic acids is 1. The van der Waals surface area contributed by atoms with Gasteiger partial charge in [-0.25, -0.2) is 4.79 Å². The number of nitro groups is 1. The van der Waals surface area contributed by atoms with E-state index < -0.39 is 10.7 Å². The predicted octanol–water partition coefficient (Wildman–Crippen LogP) is 3.56. The van der Waals surface area contributed by atoms with Gasteiger partial charge in [-0.3, -0.25) is 19.5 Å².